The second-order valence-electron chi connectivity index (χ2n) is 4.56. The number of benzene rings is 1. The van der Waals surface area contributed by atoms with E-state index in [2.05, 4.69) is 10.3 Å². The van der Waals surface area contributed by atoms with Gasteiger partial charge in [-0.05, 0) is 18.6 Å². The van der Waals surface area contributed by atoms with Gasteiger partial charge in [0.25, 0.3) is 0 Å². The van der Waals surface area contributed by atoms with Crippen LogP contribution < -0.4 is 11.1 Å². The molecule has 1 aromatic heterocycles. The van der Waals surface area contributed by atoms with Crippen LogP contribution in [-0.2, 0) is 4.79 Å². The zero-order valence-corrected chi connectivity index (χ0v) is 12.2. The van der Waals surface area contributed by atoms with E-state index in [9.17, 15) is 18.0 Å². The molecule has 0 aliphatic carbocycles. The summed E-state index contributed by atoms with van der Waals surface area (Å²) in [6.07, 6.45) is 1.53. The van der Waals surface area contributed by atoms with Crippen LogP contribution in [0.25, 0.3) is 10.9 Å². The lowest BCUT2D eigenvalue weighted by Gasteiger charge is -2.13. The van der Waals surface area contributed by atoms with Gasteiger partial charge in [-0.15, -0.1) is 0 Å². The molecule has 2 aromatic rings. The maximum absolute atomic E-state index is 12.0. The Kier molecular flexibility index (Phi) is 5.25. The number of alkyl halides is 3. The van der Waals surface area contributed by atoms with Crippen molar-refractivity contribution in [1.82, 2.24) is 4.98 Å². The van der Waals surface area contributed by atoms with E-state index in [1.54, 1.807) is 24.4 Å². The summed E-state index contributed by atoms with van der Waals surface area (Å²) < 4.78 is 36.1. The number of rotatable bonds is 5. The molecule has 118 valence electrons. The number of pyridine rings is 1. The molecular weight excluding hydrogens is 315 g/mol. The van der Waals surface area contributed by atoms with Gasteiger partial charge in [-0.25, -0.2) is 0 Å². The number of hydrogen-bond acceptors (Lipinski definition) is 4. The molecule has 0 saturated carbocycles. The summed E-state index contributed by atoms with van der Waals surface area (Å²) in [6, 6.07) is 7.88. The van der Waals surface area contributed by atoms with E-state index in [1.807, 2.05) is 12.1 Å². The monoisotopic (exact) mass is 329 g/mol. The van der Waals surface area contributed by atoms with Crippen molar-refractivity contribution in [3.05, 3.63) is 36.5 Å². The lowest BCUT2D eigenvalue weighted by molar-refractivity contribution is -0.117. The first-order chi connectivity index (χ1) is 10.4. The number of amides is 1. The first-order valence-electron chi connectivity index (χ1n) is 6.48. The Morgan fingerprint density at radius 1 is 1.32 bits per heavy atom. The van der Waals surface area contributed by atoms with Crippen LogP contribution in [0.2, 0.25) is 0 Å². The molecule has 0 radical (unpaired) electrons. The smallest absolute Gasteiger partial charge is 0.323 e. The van der Waals surface area contributed by atoms with Crippen molar-refractivity contribution in [2.24, 2.45) is 5.73 Å². The molecule has 4 nitrogen and oxygen atoms in total. The molecule has 0 unspecified atom stereocenters. The molecule has 0 aliphatic rings. The van der Waals surface area contributed by atoms with E-state index in [0.717, 1.165) is 5.39 Å². The number of para-hydroxylation sites is 1. The third-order valence-corrected chi connectivity index (χ3v) is 3.69. The minimum atomic E-state index is -4.31. The largest absolute Gasteiger partial charge is 0.441 e. The van der Waals surface area contributed by atoms with Crippen LogP contribution in [0.4, 0.5) is 18.9 Å². The van der Waals surface area contributed by atoms with Crippen LogP contribution in [0.15, 0.2) is 36.5 Å². The predicted octanol–water partition coefficient (Wildman–Crippen LogP) is 3.14. The Labute approximate surface area is 129 Å². The molecule has 3 N–H and O–H groups in total. The van der Waals surface area contributed by atoms with Gasteiger partial charge in [0.05, 0.1) is 17.2 Å². The zero-order valence-electron chi connectivity index (χ0n) is 11.4. The van der Waals surface area contributed by atoms with E-state index in [-0.39, 0.29) is 23.9 Å². The summed E-state index contributed by atoms with van der Waals surface area (Å²) >= 11 is -0.184. The quantitative estimate of drug-likeness (QED) is 0.884. The lowest BCUT2D eigenvalue weighted by atomic mass is 10.1. The molecule has 1 heterocycles. The number of halogens is 3. The summed E-state index contributed by atoms with van der Waals surface area (Å²) in [6.45, 7) is 0. The minimum absolute atomic E-state index is 0.0613. The fraction of sp³-hybridized carbons (Fsp3) is 0.286. The molecule has 1 atom stereocenters. The highest BCUT2D eigenvalue weighted by molar-refractivity contribution is 8.00. The van der Waals surface area contributed by atoms with Crippen LogP contribution in [0.1, 0.15) is 6.42 Å². The Hall–Kier alpha value is -1.80. The number of aromatic nitrogens is 1. The average molecular weight is 329 g/mol. The molecule has 1 amide bonds. The Morgan fingerprint density at radius 3 is 2.77 bits per heavy atom. The van der Waals surface area contributed by atoms with Gasteiger partial charge in [-0.2, -0.15) is 13.2 Å². The van der Waals surface area contributed by atoms with Gasteiger partial charge < -0.3 is 11.1 Å². The van der Waals surface area contributed by atoms with E-state index in [4.69, 9.17) is 5.73 Å². The van der Waals surface area contributed by atoms with E-state index >= 15 is 0 Å². The lowest BCUT2D eigenvalue weighted by Crippen LogP contribution is -2.36. The van der Waals surface area contributed by atoms with Crippen molar-refractivity contribution in [3.8, 4) is 0 Å². The van der Waals surface area contributed by atoms with Gasteiger partial charge >= 0.3 is 5.51 Å². The molecule has 0 bridgehead atoms. The first-order valence-corrected chi connectivity index (χ1v) is 7.46. The molecule has 0 aliphatic heterocycles. The number of carbonyl (C=O) groups is 1. The second kappa shape index (κ2) is 6.97. The SMILES string of the molecule is N[C@@H](CCSC(F)(F)F)C(=O)Nc1cccc2cccnc12. The number of nitrogens with zero attached hydrogens (tertiary/aromatic N) is 1. The number of hydrogen-bond donors (Lipinski definition) is 2. The Bertz CT molecular complexity index is 658. The van der Waals surface area contributed by atoms with Crippen LogP contribution in [0.3, 0.4) is 0 Å². The summed E-state index contributed by atoms with van der Waals surface area (Å²) in [5.74, 6) is -0.785. The van der Waals surface area contributed by atoms with Crippen LogP contribution in [-0.4, -0.2) is 28.2 Å². The highest BCUT2D eigenvalue weighted by atomic mass is 32.2. The van der Waals surface area contributed by atoms with Crippen LogP contribution in [0, 0.1) is 0 Å². The number of nitrogens with one attached hydrogen (secondary N) is 1. The van der Waals surface area contributed by atoms with Crippen molar-refractivity contribution in [2.75, 3.05) is 11.1 Å². The third-order valence-electron chi connectivity index (χ3n) is 2.92. The maximum atomic E-state index is 12.0. The van der Waals surface area contributed by atoms with Crippen molar-refractivity contribution in [3.63, 3.8) is 0 Å². The summed E-state index contributed by atoms with van der Waals surface area (Å²) in [5.41, 5.74) is 2.41. The summed E-state index contributed by atoms with van der Waals surface area (Å²) in [7, 11) is 0. The van der Waals surface area contributed by atoms with Crippen molar-refractivity contribution in [1.29, 1.82) is 0 Å². The Morgan fingerprint density at radius 2 is 2.05 bits per heavy atom. The van der Waals surface area contributed by atoms with Crippen molar-refractivity contribution >= 4 is 34.3 Å². The molecule has 22 heavy (non-hydrogen) atoms. The number of carbonyl (C=O) groups excluding carboxylic acids is 1. The molecule has 0 fully saturated rings. The summed E-state index contributed by atoms with van der Waals surface area (Å²) in [5, 5.41) is 3.46. The van der Waals surface area contributed by atoms with Gasteiger partial charge in [-0.3, -0.25) is 9.78 Å². The van der Waals surface area contributed by atoms with Gasteiger partial charge in [0.2, 0.25) is 5.91 Å². The van der Waals surface area contributed by atoms with Crippen LogP contribution >= 0.6 is 11.8 Å². The number of nitrogens with two attached hydrogens (primary N) is 1. The highest BCUT2D eigenvalue weighted by Gasteiger charge is 2.28. The molecule has 0 saturated heterocycles. The number of thioether (sulfide) groups is 1. The molecule has 2 rings (SSSR count). The topological polar surface area (TPSA) is 68.0 Å². The summed E-state index contributed by atoms with van der Waals surface area (Å²) in [4.78, 5) is 16.1. The zero-order chi connectivity index (χ0) is 16.2. The second-order valence-corrected chi connectivity index (χ2v) is 5.72. The van der Waals surface area contributed by atoms with Crippen LogP contribution in [0.5, 0.6) is 0 Å². The van der Waals surface area contributed by atoms with E-state index < -0.39 is 17.5 Å². The predicted molar refractivity (Wildman–Crippen MR) is 81.5 cm³/mol. The number of fused-ring (bicyclic) bond motifs is 1. The van der Waals surface area contributed by atoms with Gasteiger partial charge in [0, 0.05) is 17.3 Å². The maximum Gasteiger partial charge on any atom is 0.441 e. The number of anilines is 1. The van der Waals surface area contributed by atoms with Gasteiger partial charge in [0.1, 0.15) is 0 Å². The van der Waals surface area contributed by atoms with Crippen molar-refractivity contribution < 1.29 is 18.0 Å². The molecular formula is C14H14F3N3OS. The average Bonchev–Trinajstić information content (AvgIpc) is 2.46. The standard InChI is InChI=1S/C14H14F3N3OS/c15-14(16,17)22-8-6-10(18)13(21)20-11-5-1-3-9-4-2-7-19-12(9)11/h1-5,7,10H,6,8,18H2,(H,20,21)/t10-/m0/s1. The third kappa shape index (κ3) is 4.60. The highest BCUT2D eigenvalue weighted by Crippen LogP contribution is 2.30. The normalized spacial score (nSPS) is 13.1. The van der Waals surface area contributed by atoms with E-state index in [0.29, 0.717) is 11.2 Å². The molecule has 1 aromatic carbocycles. The first kappa shape index (κ1) is 16.6. The van der Waals surface area contributed by atoms with Gasteiger partial charge in [-0.1, -0.05) is 30.0 Å². The van der Waals surface area contributed by atoms with Gasteiger partial charge in [0.15, 0.2) is 0 Å². The van der Waals surface area contributed by atoms with E-state index in [1.165, 1.54) is 0 Å². The molecule has 8 heteroatoms. The molecule has 0 spiro atoms. The fourth-order valence-corrected chi connectivity index (χ4v) is 2.47. The Balaban J connectivity index is 1.98. The minimum Gasteiger partial charge on any atom is -0.323 e. The fourth-order valence-electron chi connectivity index (χ4n) is 1.86. The van der Waals surface area contributed by atoms with Crippen molar-refractivity contribution in [2.45, 2.75) is 18.0 Å².